The summed E-state index contributed by atoms with van der Waals surface area (Å²) < 4.78 is 5.98. The molecule has 1 rings (SSSR count). The van der Waals surface area contributed by atoms with E-state index < -0.39 is 0 Å². The average molecular weight is 529 g/mol. The summed E-state index contributed by atoms with van der Waals surface area (Å²) in [6.45, 7) is 3.48. The number of carbonyl (C=O) groups excluding carboxylic acids is 1. The smallest absolute Gasteiger partial charge is 0.243 e. The second kappa shape index (κ2) is 15.1. The molecule has 0 fully saturated rings. The number of nitrogens with one attached hydrogen (secondary N) is 2. The first-order valence-electron chi connectivity index (χ1n) is 8.60. The number of ether oxygens (including phenoxy) is 1. The molecule has 0 aliphatic heterocycles. The fourth-order valence-corrected chi connectivity index (χ4v) is 2.42. The Morgan fingerprint density at radius 3 is 2.63 bits per heavy atom. The Hall–Kier alpha value is -0.870. The van der Waals surface area contributed by atoms with E-state index in [1.807, 2.05) is 24.5 Å². The van der Waals surface area contributed by atoms with Gasteiger partial charge in [-0.25, -0.2) is 4.99 Å². The summed E-state index contributed by atoms with van der Waals surface area (Å²) in [6.07, 6.45) is 2.80. The number of para-hydroxylation sites is 1. The van der Waals surface area contributed by atoms with Crippen LogP contribution in [0.1, 0.15) is 13.3 Å². The van der Waals surface area contributed by atoms with Gasteiger partial charge in [0, 0.05) is 26.4 Å². The predicted molar refractivity (Wildman–Crippen MR) is 127 cm³/mol. The third-order valence-electron chi connectivity index (χ3n) is 3.55. The first kappa shape index (κ1) is 26.1. The van der Waals surface area contributed by atoms with E-state index in [4.69, 9.17) is 16.3 Å². The fourth-order valence-electron chi connectivity index (χ4n) is 1.93. The van der Waals surface area contributed by atoms with Gasteiger partial charge in [-0.05, 0) is 24.8 Å². The van der Waals surface area contributed by atoms with Crippen molar-refractivity contribution in [2.45, 2.75) is 19.4 Å². The third-order valence-corrected chi connectivity index (χ3v) is 4.48. The molecule has 1 unspecified atom stereocenters. The Morgan fingerprint density at radius 1 is 1.33 bits per heavy atom. The molecule has 9 heteroatoms. The zero-order valence-corrected chi connectivity index (χ0v) is 20.2. The highest BCUT2D eigenvalue weighted by atomic mass is 127. The van der Waals surface area contributed by atoms with E-state index in [1.54, 1.807) is 31.9 Å². The highest BCUT2D eigenvalue weighted by Crippen LogP contribution is 2.24. The normalized spacial score (nSPS) is 12.0. The number of rotatable bonds is 10. The zero-order valence-electron chi connectivity index (χ0n) is 16.3. The van der Waals surface area contributed by atoms with Crippen molar-refractivity contribution in [2.24, 2.45) is 4.99 Å². The van der Waals surface area contributed by atoms with Gasteiger partial charge in [0.05, 0.1) is 11.6 Å². The van der Waals surface area contributed by atoms with Crippen molar-refractivity contribution in [2.75, 3.05) is 45.7 Å². The van der Waals surface area contributed by atoms with Gasteiger partial charge < -0.3 is 20.3 Å². The lowest BCUT2D eigenvalue weighted by atomic mass is 10.2. The van der Waals surface area contributed by atoms with Crippen LogP contribution < -0.4 is 15.4 Å². The topological polar surface area (TPSA) is 66.0 Å². The summed E-state index contributed by atoms with van der Waals surface area (Å²) in [5, 5.41) is 7.08. The Kier molecular flexibility index (Phi) is 14.6. The quantitative estimate of drug-likeness (QED) is 0.211. The Morgan fingerprint density at radius 2 is 2.04 bits per heavy atom. The van der Waals surface area contributed by atoms with Gasteiger partial charge in [-0.3, -0.25) is 4.79 Å². The first-order chi connectivity index (χ1) is 12.5. The van der Waals surface area contributed by atoms with Crippen molar-refractivity contribution in [1.82, 2.24) is 15.5 Å². The summed E-state index contributed by atoms with van der Waals surface area (Å²) in [4.78, 5) is 17.7. The average Bonchev–Trinajstić information content (AvgIpc) is 2.63. The van der Waals surface area contributed by atoms with E-state index in [1.165, 1.54) is 4.90 Å². The minimum Gasteiger partial charge on any atom is -0.487 e. The molecule has 1 amide bonds. The molecule has 2 N–H and O–H groups in total. The monoisotopic (exact) mass is 528 g/mol. The summed E-state index contributed by atoms with van der Waals surface area (Å²) in [5.74, 6) is 2.18. The van der Waals surface area contributed by atoms with Crippen molar-refractivity contribution in [3.63, 3.8) is 0 Å². The fraction of sp³-hybridized carbons (Fsp3) is 0.556. The van der Waals surface area contributed by atoms with Crippen LogP contribution in [0.25, 0.3) is 0 Å². The maximum Gasteiger partial charge on any atom is 0.243 e. The molecule has 0 aliphatic carbocycles. The lowest BCUT2D eigenvalue weighted by Crippen LogP contribution is -2.43. The van der Waals surface area contributed by atoms with Crippen LogP contribution in [0.2, 0.25) is 5.02 Å². The number of likely N-dealkylation sites (N-methyl/N-ethyl adjacent to an activating group) is 1. The molecule has 27 heavy (non-hydrogen) atoms. The molecule has 6 nitrogen and oxygen atoms in total. The van der Waals surface area contributed by atoms with Crippen molar-refractivity contribution in [1.29, 1.82) is 0 Å². The molecular formula is C18H30ClIN4O2S. The molecule has 154 valence electrons. The van der Waals surface area contributed by atoms with E-state index in [2.05, 4.69) is 22.5 Å². The molecule has 0 saturated carbocycles. The molecular weight excluding hydrogens is 499 g/mol. The van der Waals surface area contributed by atoms with Gasteiger partial charge in [0.15, 0.2) is 5.96 Å². The number of halogens is 2. The minimum absolute atomic E-state index is 0. The number of thioether (sulfide) groups is 1. The van der Waals surface area contributed by atoms with Gasteiger partial charge in [0.2, 0.25) is 5.91 Å². The van der Waals surface area contributed by atoms with Gasteiger partial charge >= 0.3 is 0 Å². The molecule has 0 bridgehead atoms. The number of carbonyl (C=O) groups is 1. The molecule has 0 radical (unpaired) electrons. The van der Waals surface area contributed by atoms with Gasteiger partial charge in [0.25, 0.3) is 0 Å². The lowest BCUT2D eigenvalue weighted by Gasteiger charge is -2.21. The van der Waals surface area contributed by atoms with Crippen molar-refractivity contribution >= 4 is 59.2 Å². The van der Waals surface area contributed by atoms with Crippen LogP contribution in [-0.4, -0.2) is 68.6 Å². The number of amides is 1. The van der Waals surface area contributed by atoms with E-state index in [9.17, 15) is 4.79 Å². The second-order valence-electron chi connectivity index (χ2n) is 5.83. The molecule has 0 aliphatic rings. The standard InChI is InChI=1S/C18H29ClN4O2S.HI/c1-5-14(25-16-9-7-6-8-15(16)19)12-21-18(20-10-11-26-4)22-13-17(24)23(2)3;/h6-9,14H,5,10-13H2,1-4H3,(H2,20,21,22);1H. The number of hydrogen-bond donors (Lipinski definition) is 2. The van der Waals surface area contributed by atoms with E-state index in [0.717, 1.165) is 18.7 Å². The van der Waals surface area contributed by atoms with Crippen LogP contribution in [0.3, 0.4) is 0 Å². The Bertz CT molecular complexity index is 590. The lowest BCUT2D eigenvalue weighted by molar-refractivity contribution is -0.127. The van der Waals surface area contributed by atoms with Gasteiger partial charge in [0.1, 0.15) is 18.4 Å². The van der Waals surface area contributed by atoms with Crippen LogP contribution in [0.5, 0.6) is 5.75 Å². The van der Waals surface area contributed by atoms with Crippen molar-refractivity contribution < 1.29 is 9.53 Å². The summed E-state index contributed by atoms with van der Waals surface area (Å²) in [6, 6.07) is 7.43. The predicted octanol–water partition coefficient (Wildman–Crippen LogP) is 3.10. The number of aliphatic imine (C=N–C) groups is 1. The SMILES string of the molecule is CCC(CNC(=NCC(=O)N(C)C)NCCSC)Oc1ccccc1Cl.I. The van der Waals surface area contributed by atoms with Crippen molar-refractivity contribution in [3.05, 3.63) is 29.3 Å². The maximum atomic E-state index is 11.8. The highest BCUT2D eigenvalue weighted by molar-refractivity contribution is 14.0. The molecule has 1 aromatic carbocycles. The van der Waals surface area contributed by atoms with E-state index in [0.29, 0.717) is 23.3 Å². The van der Waals surface area contributed by atoms with Crippen LogP contribution in [0.4, 0.5) is 0 Å². The van der Waals surface area contributed by atoms with Crippen LogP contribution in [0.15, 0.2) is 29.3 Å². The zero-order chi connectivity index (χ0) is 19.4. The highest BCUT2D eigenvalue weighted by Gasteiger charge is 2.12. The second-order valence-corrected chi connectivity index (χ2v) is 7.22. The van der Waals surface area contributed by atoms with Crippen LogP contribution in [0, 0.1) is 0 Å². The van der Waals surface area contributed by atoms with E-state index in [-0.39, 0.29) is 42.5 Å². The first-order valence-corrected chi connectivity index (χ1v) is 10.4. The number of nitrogens with zero attached hydrogens (tertiary/aromatic N) is 2. The number of benzene rings is 1. The van der Waals surface area contributed by atoms with Crippen LogP contribution >= 0.6 is 47.3 Å². The summed E-state index contributed by atoms with van der Waals surface area (Å²) >= 11 is 7.91. The number of guanidine groups is 1. The molecule has 0 heterocycles. The minimum atomic E-state index is -0.0630. The van der Waals surface area contributed by atoms with Gasteiger partial charge in [-0.2, -0.15) is 11.8 Å². The van der Waals surface area contributed by atoms with Crippen molar-refractivity contribution in [3.8, 4) is 5.75 Å². The summed E-state index contributed by atoms with van der Waals surface area (Å²) in [7, 11) is 3.44. The maximum absolute atomic E-state index is 11.8. The van der Waals surface area contributed by atoms with Gasteiger partial charge in [-0.15, -0.1) is 24.0 Å². The number of hydrogen-bond acceptors (Lipinski definition) is 4. The Labute approximate surface area is 188 Å². The van der Waals surface area contributed by atoms with E-state index >= 15 is 0 Å². The largest absolute Gasteiger partial charge is 0.487 e. The molecule has 0 aromatic heterocycles. The molecule has 1 aromatic rings. The molecule has 0 spiro atoms. The van der Waals surface area contributed by atoms with Crippen LogP contribution in [-0.2, 0) is 4.79 Å². The molecule has 0 saturated heterocycles. The molecule has 1 atom stereocenters. The Balaban J connectivity index is 0.00000676. The van der Waals surface area contributed by atoms with Gasteiger partial charge in [-0.1, -0.05) is 30.7 Å². The summed E-state index contributed by atoms with van der Waals surface area (Å²) in [5.41, 5.74) is 0. The third kappa shape index (κ3) is 10.9.